The number of nitrogens with two attached hydrogens (primary N) is 1. The summed E-state index contributed by atoms with van der Waals surface area (Å²) in [6.45, 7) is 2.35. The van der Waals surface area contributed by atoms with Gasteiger partial charge in [-0.2, -0.15) is 13.2 Å². The molecule has 1 aliphatic carbocycles. The maximum atomic E-state index is 12.7. The maximum absolute atomic E-state index is 12.7. The van der Waals surface area contributed by atoms with Crippen LogP contribution >= 0.6 is 30.6 Å². The van der Waals surface area contributed by atoms with E-state index in [0.717, 1.165) is 49.6 Å². The number of Topliss-reactive ketones (excluding diaryl/α,β-unsaturated/α-hetero) is 3. The number of hydrogen-bond acceptors (Lipinski definition) is 14. The number of nitrogens with zero attached hydrogens (tertiary/aromatic N) is 1. The van der Waals surface area contributed by atoms with Gasteiger partial charge in [-0.05, 0) is 68.3 Å². The van der Waals surface area contributed by atoms with Gasteiger partial charge in [-0.25, -0.2) is 18.0 Å². The van der Waals surface area contributed by atoms with Crippen LogP contribution in [0.25, 0.3) is 0 Å². The van der Waals surface area contributed by atoms with Crippen molar-refractivity contribution in [3.05, 3.63) is 91.4 Å². The molecule has 25 heteroatoms. The minimum atomic E-state index is -4.56. The third-order valence-electron chi connectivity index (χ3n) is 8.06. The number of sulfone groups is 1. The molecule has 4 rings (SSSR count). The van der Waals surface area contributed by atoms with Crippen molar-refractivity contribution in [3.63, 3.8) is 0 Å². The number of ketones is 3. The summed E-state index contributed by atoms with van der Waals surface area (Å²) in [6, 6.07) is 8.09. The third kappa shape index (κ3) is 15.9. The topological polar surface area (TPSA) is 302 Å². The Morgan fingerprint density at radius 3 is 2.03 bits per heavy atom. The molecule has 18 nitrogen and oxygen atoms in total. The summed E-state index contributed by atoms with van der Waals surface area (Å²) in [5.74, 6) is -7.14. The standard InChI is InChI=1S/C17H11Cl2F3O5.C14H13NO7S.C5H12NO4P/c1-8(15(23)24)26-16(25)11-7-10(3-4-12(11)18)27-14-5-2-9(6-13(14)19)17(20,21)22;1-23(21,22)8-5-6-9(10(7-8)15(19)20)14(18)13-11(16)3-2-4-12(13)17;1-11(9,10)3-2-4(6)5(7)8/h2-8H,1H3,(H,23,24);5-7,13H,2-4H2,1H3;4H,2-3,6H2,1H3,(H,7,8)(H,9,10)/t8-;;/m0../s1. The molecule has 1 saturated carbocycles. The molecule has 1 aliphatic rings. The Bertz CT molecular complexity index is 2360. The molecule has 0 saturated heterocycles. The number of ether oxygens (including phenoxy) is 2. The maximum Gasteiger partial charge on any atom is 0.416 e. The first-order valence-corrected chi connectivity index (χ1v) is 22.0. The van der Waals surface area contributed by atoms with Crippen LogP contribution in [-0.4, -0.2) is 94.9 Å². The number of benzene rings is 3. The zero-order chi connectivity index (χ0) is 46.8. The molecule has 0 amide bonds. The molecule has 2 unspecified atom stereocenters. The number of alkyl halides is 3. The number of carboxylic acid groups (broad SMARTS) is 2. The Labute approximate surface area is 354 Å². The summed E-state index contributed by atoms with van der Waals surface area (Å²) in [5, 5.41) is 27.9. The molecule has 0 heterocycles. The lowest BCUT2D eigenvalue weighted by atomic mass is 9.81. The summed E-state index contributed by atoms with van der Waals surface area (Å²) in [5.41, 5.74) is 2.81. The average molecular weight is 944 g/mol. The summed E-state index contributed by atoms with van der Waals surface area (Å²) in [7, 11) is -6.80. The van der Waals surface area contributed by atoms with Gasteiger partial charge in [0.15, 0.2) is 40.7 Å². The number of esters is 1. The SMILES string of the molecule is CP(=O)(O)CCC(N)C(=O)O.CS(=O)(=O)c1ccc(C(=O)C2C(=O)CCCC2=O)c([N+](=O)[O-])c1.C[C@H](OC(=O)c1cc(Oc2ccc(C(F)(F)F)cc2Cl)ccc1Cl)C(=O)O. The Balaban J connectivity index is 0.000000342. The zero-order valence-corrected chi connectivity index (χ0v) is 35.1. The van der Waals surface area contributed by atoms with Crippen LogP contribution in [0.1, 0.15) is 58.9 Å². The highest BCUT2D eigenvalue weighted by Crippen LogP contribution is 2.38. The minimum Gasteiger partial charge on any atom is -0.480 e. The lowest BCUT2D eigenvalue weighted by molar-refractivity contribution is -0.385. The zero-order valence-electron chi connectivity index (χ0n) is 31.9. The summed E-state index contributed by atoms with van der Waals surface area (Å²) in [6.07, 6.45) is -4.59. The summed E-state index contributed by atoms with van der Waals surface area (Å²) < 4.78 is 81.7. The van der Waals surface area contributed by atoms with E-state index in [0.29, 0.717) is 12.5 Å². The van der Waals surface area contributed by atoms with Crippen LogP contribution in [0.15, 0.2) is 59.5 Å². The Hall–Kier alpha value is -5.25. The van der Waals surface area contributed by atoms with E-state index < -0.39 is 98.4 Å². The number of aliphatic carboxylic acids is 2. The molecule has 3 atom stereocenters. The van der Waals surface area contributed by atoms with E-state index in [1.54, 1.807) is 0 Å². The van der Waals surface area contributed by atoms with Crippen LogP contribution in [0.2, 0.25) is 10.0 Å². The second-order valence-corrected chi connectivity index (χ2v) is 18.5. The molecule has 61 heavy (non-hydrogen) atoms. The van der Waals surface area contributed by atoms with Gasteiger partial charge in [0.25, 0.3) is 5.69 Å². The summed E-state index contributed by atoms with van der Waals surface area (Å²) in [4.78, 5) is 87.6. The van der Waals surface area contributed by atoms with Gasteiger partial charge >= 0.3 is 24.1 Å². The number of hydrogen-bond donors (Lipinski definition) is 4. The van der Waals surface area contributed by atoms with Crippen molar-refractivity contribution in [2.75, 3.05) is 19.1 Å². The highest BCUT2D eigenvalue weighted by atomic mass is 35.5. The van der Waals surface area contributed by atoms with Gasteiger partial charge < -0.3 is 30.3 Å². The van der Waals surface area contributed by atoms with Gasteiger partial charge in [-0.15, -0.1) is 0 Å². The Kier molecular flexibility index (Phi) is 18.3. The molecule has 3 aromatic rings. The second-order valence-electron chi connectivity index (χ2n) is 13.1. The van der Waals surface area contributed by atoms with Crippen molar-refractivity contribution in [3.8, 4) is 11.5 Å². The van der Waals surface area contributed by atoms with Crippen molar-refractivity contribution < 1.29 is 84.4 Å². The highest BCUT2D eigenvalue weighted by Gasteiger charge is 2.39. The van der Waals surface area contributed by atoms with Gasteiger partial charge in [0, 0.05) is 38.0 Å². The predicted octanol–water partition coefficient (Wildman–Crippen LogP) is 6.24. The van der Waals surface area contributed by atoms with Crippen LogP contribution in [-0.2, 0) is 44.5 Å². The number of carbonyl (C=O) groups excluding carboxylic acids is 4. The number of carbonyl (C=O) groups is 6. The molecule has 1 fully saturated rings. The summed E-state index contributed by atoms with van der Waals surface area (Å²) >= 11 is 11.7. The highest BCUT2D eigenvalue weighted by molar-refractivity contribution is 7.90. The number of halogens is 5. The van der Waals surface area contributed by atoms with E-state index in [9.17, 15) is 65.0 Å². The fraction of sp³-hybridized carbons (Fsp3) is 0.333. The Morgan fingerprint density at radius 1 is 0.967 bits per heavy atom. The average Bonchev–Trinajstić information content (AvgIpc) is 3.14. The molecular formula is C36H36Cl2F3N2O16PS. The third-order valence-corrected chi connectivity index (χ3v) is 10.9. The predicted molar refractivity (Wildman–Crippen MR) is 209 cm³/mol. The van der Waals surface area contributed by atoms with Crippen LogP contribution in [0.4, 0.5) is 18.9 Å². The number of rotatable bonds is 13. The molecule has 0 spiro atoms. The van der Waals surface area contributed by atoms with E-state index in [2.05, 4.69) is 0 Å². The van der Waals surface area contributed by atoms with Crippen LogP contribution < -0.4 is 10.5 Å². The minimum absolute atomic E-state index is 0.0246. The van der Waals surface area contributed by atoms with Gasteiger partial charge in [-0.3, -0.25) is 33.9 Å². The van der Waals surface area contributed by atoms with Gasteiger partial charge in [0.1, 0.15) is 23.5 Å². The van der Waals surface area contributed by atoms with E-state index in [1.165, 1.54) is 18.8 Å². The van der Waals surface area contributed by atoms with Crippen molar-refractivity contribution >= 4 is 81.4 Å². The van der Waals surface area contributed by atoms with E-state index in [-0.39, 0.29) is 57.4 Å². The monoisotopic (exact) mass is 942 g/mol. The van der Waals surface area contributed by atoms with E-state index in [1.807, 2.05) is 0 Å². The van der Waals surface area contributed by atoms with Crippen molar-refractivity contribution in [2.24, 2.45) is 11.7 Å². The Morgan fingerprint density at radius 2 is 1.56 bits per heavy atom. The van der Waals surface area contributed by atoms with Gasteiger partial charge in [0.2, 0.25) is 0 Å². The lowest BCUT2D eigenvalue weighted by Gasteiger charge is -2.18. The molecule has 332 valence electrons. The first-order valence-electron chi connectivity index (χ1n) is 17.1. The molecule has 0 bridgehead atoms. The van der Waals surface area contributed by atoms with Gasteiger partial charge in [-0.1, -0.05) is 23.2 Å². The fourth-order valence-electron chi connectivity index (χ4n) is 4.84. The lowest BCUT2D eigenvalue weighted by Crippen LogP contribution is -2.35. The first kappa shape index (κ1) is 51.9. The van der Waals surface area contributed by atoms with Gasteiger partial charge in [0.05, 0.1) is 36.6 Å². The largest absolute Gasteiger partial charge is 0.480 e. The number of nitro benzene ring substituents is 1. The van der Waals surface area contributed by atoms with E-state index in [4.69, 9.17) is 53.5 Å². The molecule has 3 aromatic carbocycles. The number of nitro groups is 1. The molecule has 0 aliphatic heterocycles. The van der Waals surface area contributed by atoms with Crippen molar-refractivity contribution in [1.82, 2.24) is 0 Å². The van der Waals surface area contributed by atoms with Crippen LogP contribution in [0, 0.1) is 16.0 Å². The van der Waals surface area contributed by atoms with Crippen molar-refractivity contribution in [1.29, 1.82) is 0 Å². The molecular weight excluding hydrogens is 907 g/mol. The normalized spacial score (nSPS) is 15.0. The van der Waals surface area contributed by atoms with E-state index >= 15 is 0 Å². The molecule has 5 N–H and O–H groups in total. The van der Waals surface area contributed by atoms with Crippen LogP contribution in [0.3, 0.4) is 0 Å². The quantitative estimate of drug-likeness (QED) is 0.0368. The molecule has 0 radical (unpaired) electrons. The second kappa shape index (κ2) is 21.5. The van der Waals surface area contributed by atoms with Crippen molar-refractivity contribution in [2.45, 2.75) is 55.8 Å². The smallest absolute Gasteiger partial charge is 0.416 e. The molecule has 0 aromatic heterocycles. The fourth-order valence-corrected chi connectivity index (χ4v) is 6.65. The van der Waals surface area contributed by atoms with Crippen LogP contribution in [0.5, 0.6) is 11.5 Å². The number of carboxylic acids is 2. The first-order chi connectivity index (χ1) is 27.9.